The molecule has 20 heavy (non-hydrogen) atoms. The van der Waals surface area contributed by atoms with Crippen LogP contribution in [0.25, 0.3) is 0 Å². The van der Waals surface area contributed by atoms with E-state index in [0.717, 1.165) is 28.7 Å². The number of hydrogen-bond donors (Lipinski definition) is 1. The Labute approximate surface area is 134 Å². The maximum absolute atomic E-state index is 6.05. The van der Waals surface area contributed by atoms with Crippen molar-refractivity contribution < 1.29 is 17.3 Å². The van der Waals surface area contributed by atoms with Crippen LogP contribution >= 0.6 is 11.6 Å². The van der Waals surface area contributed by atoms with Crippen LogP contribution in [0, 0.1) is 17.8 Å². The van der Waals surface area contributed by atoms with Gasteiger partial charge >= 0.3 is 0 Å². The van der Waals surface area contributed by atoms with E-state index in [1.807, 2.05) is 0 Å². The highest BCUT2D eigenvalue weighted by molar-refractivity contribution is 6.30. The van der Waals surface area contributed by atoms with Gasteiger partial charge in [0.05, 0.1) is 20.6 Å². The molecule has 3 saturated carbocycles. The molecule has 1 aromatic carbocycles. The van der Waals surface area contributed by atoms with Crippen LogP contribution in [0.5, 0.6) is 0 Å². The minimum atomic E-state index is 0. The molecule has 0 heterocycles. The van der Waals surface area contributed by atoms with Crippen LogP contribution < -0.4 is 17.3 Å². The molecular formula is C17H25Cl2N. The highest BCUT2D eigenvalue weighted by Crippen LogP contribution is 2.52. The minimum absolute atomic E-state index is 0. The zero-order chi connectivity index (χ0) is 13.4. The van der Waals surface area contributed by atoms with Crippen molar-refractivity contribution in [3.05, 3.63) is 34.9 Å². The van der Waals surface area contributed by atoms with Crippen LogP contribution in [0.4, 0.5) is 0 Å². The summed E-state index contributed by atoms with van der Waals surface area (Å²) in [5.41, 5.74) is 1.53. The van der Waals surface area contributed by atoms with Gasteiger partial charge in [-0.1, -0.05) is 23.7 Å². The van der Waals surface area contributed by atoms with Gasteiger partial charge in [-0.15, -0.1) is 0 Å². The van der Waals surface area contributed by atoms with Gasteiger partial charge in [0.2, 0.25) is 0 Å². The van der Waals surface area contributed by atoms with Crippen LogP contribution in [0.1, 0.15) is 37.2 Å². The Kier molecular flexibility index (Phi) is 5.39. The highest BCUT2D eigenvalue weighted by Gasteiger charge is 2.45. The first-order chi connectivity index (χ1) is 9.15. The monoisotopic (exact) mass is 313 g/mol. The quantitative estimate of drug-likeness (QED) is 0.802. The van der Waals surface area contributed by atoms with Gasteiger partial charge in [-0.2, -0.15) is 0 Å². The summed E-state index contributed by atoms with van der Waals surface area (Å²) in [5.74, 6) is 3.52. The average Bonchev–Trinajstić information content (AvgIpc) is 2.41. The number of fused-ring (bicyclic) bond motifs is 3. The summed E-state index contributed by atoms with van der Waals surface area (Å²) in [4.78, 5) is 1.59. The van der Waals surface area contributed by atoms with E-state index in [1.165, 1.54) is 37.8 Å². The molecule has 4 rings (SSSR count). The van der Waals surface area contributed by atoms with E-state index >= 15 is 0 Å². The van der Waals surface area contributed by atoms with E-state index in [9.17, 15) is 0 Å². The maximum Gasteiger partial charge on any atom is 0.0804 e. The van der Waals surface area contributed by atoms with Gasteiger partial charge in [-0.3, -0.25) is 0 Å². The van der Waals surface area contributed by atoms with E-state index in [4.69, 9.17) is 11.6 Å². The Morgan fingerprint density at radius 3 is 2.10 bits per heavy atom. The first-order valence-corrected chi connectivity index (χ1v) is 8.07. The molecule has 0 radical (unpaired) electrons. The fourth-order valence-corrected chi connectivity index (χ4v) is 4.67. The molecule has 3 aliphatic rings. The van der Waals surface area contributed by atoms with E-state index in [0.29, 0.717) is 0 Å². The maximum atomic E-state index is 6.05. The highest BCUT2D eigenvalue weighted by atomic mass is 35.5. The van der Waals surface area contributed by atoms with Gasteiger partial charge in [-0.25, -0.2) is 0 Å². The predicted molar refractivity (Wildman–Crippen MR) is 80.8 cm³/mol. The lowest BCUT2D eigenvalue weighted by Crippen LogP contribution is -3.06. The van der Waals surface area contributed by atoms with Crippen LogP contribution in [0.3, 0.4) is 0 Å². The minimum Gasteiger partial charge on any atom is -1.00 e. The molecule has 1 aromatic rings. The SMILES string of the molecule is C[NH+](C)C[C@@H]1C2CCC(CC2)C1c1ccc(Cl)cc1.[Cl-]. The Hall–Kier alpha value is -0.240. The third kappa shape index (κ3) is 3.16. The van der Waals surface area contributed by atoms with E-state index in [1.54, 1.807) is 4.90 Å². The summed E-state index contributed by atoms with van der Waals surface area (Å²) >= 11 is 6.05. The molecule has 2 bridgehead atoms. The van der Waals surface area contributed by atoms with Crippen molar-refractivity contribution >= 4 is 11.6 Å². The second kappa shape index (κ2) is 6.68. The Balaban J connectivity index is 0.00000147. The van der Waals surface area contributed by atoms with Crippen molar-refractivity contribution in [2.45, 2.75) is 31.6 Å². The lowest BCUT2D eigenvalue weighted by Gasteiger charge is -2.49. The van der Waals surface area contributed by atoms with Crippen LogP contribution in [-0.2, 0) is 0 Å². The number of nitrogens with one attached hydrogen (secondary N) is 1. The van der Waals surface area contributed by atoms with Gasteiger partial charge in [-0.05, 0) is 61.1 Å². The number of halogens is 2. The molecule has 1 nitrogen and oxygen atoms in total. The van der Waals surface area contributed by atoms with Gasteiger partial charge in [0.15, 0.2) is 0 Å². The number of benzene rings is 1. The topological polar surface area (TPSA) is 4.44 Å². The molecule has 0 amide bonds. The first-order valence-electron chi connectivity index (χ1n) is 7.69. The second-order valence-corrected chi connectivity index (χ2v) is 7.26. The van der Waals surface area contributed by atoms with Gasteiger partial charge < -0.3 is 17.3 Å². The predicted octanol–water partition coefficient (Wildman–Crippen LogP) is 0.00830. The van der Waals surface area contributed by atoms with Crippen molar-refractivity contribution in [2.75, 3.05) is 20.6 Å². The van der Waals surface area contributed by atoms with Gasteiger partial charge in [0, 0.05) is 10.9 Å². The Bertz CT molecular complexity index is 421. The summed E-state index contributed by atoms with van der Waals surface area (Å²) in [7, 11) is 4.59. The molecule has 0 aliphatic heterocycles. The van der Waals surface area contributed by atoms with Gasteiger partial charge in [0.25, 0.3) is 0 Å². The lowest BCUT2D eigenvalue weighted by atomic mass is 9.57. The number of hydrogen-bond acceptors (Lipinski definition) is 0. The summed E-state index contributed by atoms with van der Waals surface area (Å²) in [5, 5.41) is 0.861. The summed E-state index contributed by atoms with van der Waals surface area (Å²) in [6, 6.07) is 8.68. The summed E-state index contributed by atoms with van der Waals surface area (Å²) in [6.45, 7) is 1.31. The Morgan fingerprint density at radius 1 is 1.00 bits per heavy atom. The van der Waals surface area contributed by atoms with Crippen LogP contribution in [0.2, 0.25) is 5.02 Å². The van der Waals surface area contributed by atoms with Crippen molar-refractivity contribution in [3.8, 4) is 0 Å². The standard InChI is InChI=1S/C17H24ClN.ClH/c1-19(2)11-16-12-3-5-13(6-4-12)17(16)14-7-9-15(18)10-8-14;/h7-10,12-13,16-17H,3-6,11H2,1-2H3;1H/t12?,13?,16-,17?;/m1./s1. The normalized spacial score (nSPS) is 32.2. The number of rotatable bonds is 3. The van der Waals surface area contributed by atoms with Crippen LogP contribution in [-0.4, -0.2) is 20.6 Å². The molecule has 112 valence electrons. The third-order valence-corrected chi connectivity index (χ3v) is 5.54. The largest absolute Gasteiger partial charge is 1.00 e. The van der Waals surface area contributed by atoms with E-state index in [2.05, 4.69) is 38.4 Å². The second-order valence-electron chi connectivity index (χ2n) is 6.83. The molecule has 0 spiro atoms. The zero-order valence-electron chi connectivity index (χ0n) is 12.4. The number of quaternary nitrogens is 1. The fourth-order valence-electron chi connectivity index (χ4n) is 4.54. The average molecular weight is 314 g/mol. The fraction of sp³-hybridized carbons (Fsp3) is 0.647. The molecular weight excluding hydrogens is 289 g/mol. The molecule has 1 N–H and O–H groups in total. The first kappa shape index (κ1) is 16.1. The smallest absolute Gasteiger partial charge is 0.0804 e. The molecule has 3 heteroatoms. The summed E-state index contributed by atoms with van der Waals surface area (Å²) in [6.07, 6.45) is 5.81. The molecule has 0 aromatic heterocycles. The van der Waals surface area contributed by atoms with Gasteiger partial charge in [0.1, 0.15) is 0 Å². The molecule has 3 fully saturated rings. The van der Waals surface area contributed by atoms with E-state index < -0.39 is 0 Å². The zero-order valence-corrected chi connectivity index (χ0v) is 13.9. The molecule has 0 saturated heterocycles. The van der Waals surface area contributed by atoms with E-state index in [-0.39, 0.29) is 12.4 Å². The third-order valence-electron chi connectivity index (χ3n) is 5.29. The van der Waals surface area contributed by atoms with Crippen molar-refractivity contribution in [1.82, 2.24) is 0 Å². The van der Waals surface area contributed by atoms with Crippen molar-refractivity contribution in [2.24, 2.45) is 17.8 Å². The summed E-state index contributed by atoms with van der Waals surface area (Å²) < 4.78 is 0. The van der Waals surface area contributed by atoms with Crippen LogP contribution in [0.15, 0.2) is 24.3 Å². The molecule has 3 aliphatic carbocycles. The lowest BCUT2D eigenvalue weighted by molar-refractivity contribution is -0.863. The molecule has 1 unspecified atom stereocenters. The van der Waals surface area contributed by atoms with Crippen molar-refractivity contribution in [1.29, 1.82) is 0 Å². The Morgan fingerprint density at radius 2 is 1.55 bits per heavy atom. The molecule has 2 atom stereocenters. The van der Waals surface area contributed by atoms with Crippen molar-refractivity contribution in [3.63, 3.8) is 0 Å².